The molecular weight excluding hydrogens is 446 g/mol. The number of hydrogen-bond acceptors (Lipinski definition) is 5. The summed E-state index contributed by atoms with van der Waals surface area (Å²) in [7, 11) is 0. The zero-order valence-electron chi connectivity index (χ0n) is 19.7. The van der Waals surface area contributed by atoms with Crippen LogP contribution < -0.4 is 14.8 Å². The van der Waals surface area contributed by atoms with E-state index in [1.165, 1.54) is 0 Å². The SMILES string of the molecule is C[C@@H](C(=O)NC[C@H]1CCCO1)N(Cc1ccc2c(c1)OCO2)C(=O)c1ccc(-c2ccccc2)[nH]1. The molecule has 0 bridgehead atoms. The molecule has 1 fully saturated rings. The fourth-order valence-electron chi connectivity index (χ4n) is 4.39. The molecule has 2 aliphatic rings. The van der Waals surface area contributed by atoms with Crippen molar-refractivity contribution in [2.75, 3.05) is 19.9 Å². The molecule has 35 heavy (non-hydrogen) atoms. The summed E-state index contributed by atoms with van der Waals surface area (Å²) < 4.78 is 16.5. The van der Waals surface area contributed by atoms with Crippen LogP contribution in [0.4, 0.5) is 0 Å². The molecule has 2 atom stereocenters. The van der Waals surface area contributed by atoms with Crippen LogP contribution in [0, 0.1) is 0 Å². The van der Waals surface area contributed by atoms with Crippen LogP contribution in [-0.2, 0) is 16.1 Å². The van der Waals surface area contributed by atoms with Crippen molar-refractivity contribution in [2.45, 2.75) is 38.5 Å². The Morgan fingerprint density at radius 2 is 1.91 bits per heavy atom. The molecule has 3 aromatic rings. The topological polar surface area (TPSA) is 92.9 Å². The molecule has 0 spiro atoms. The number of amides is 2. The van der Waals surface area contributed by atoms with Gasteiger partial charge >= 0.3 is 0 Å². The molecule has 2 amide bonds. The average Bonchev–Trinajstić information content (AvgIpc) is 3.67. The summed E-state index contributed by atoms with van der Waals surface area (Å²) in [5.41, 5.74) is 3.09. The van der Waals surface area contributed by atoms with E-state index in [-0.39, 0.29) is 31.3 Å². The lowest BCUT2D eigenvalue weighted by atomic mass is 10.1. The molecule has 8 nitrogen and oxygen atoms in total. The lowest BCUT2D eigenvalue weighted by Gasteiger charge is -2.29. The first-order chi connectivity index (χ1) is 17.1. The maximum absolute atomic E-state index is 13.7. The molecule has 182 valence electrons. The number of ether oxygens (including phenoxy) is 3. The van der Waals surface area contributed by atoms with Gasteiger partial charge in [-0.05, 0) is 55.2 Å². The number of fused-ring (bicyclic) bond motifs is 1. The number of aromatic nitrogens is 1. The van der Waals surface area contributed by atoms with Crippen LogP contribution in [-0.4, -0.2) is 53.8 Å². The predicted molar refractivity (Wildman–Crippen MR) is 130 cm³/mol. The Labute approximate surface area is 204 Å². The molecular formula is C27H29N3O5. The number of aromatic amines is 1. The highest BCUT2D eigenvalue weighted by Crippen LogP contribution is 2.33. The normalized spacial score (nSPS) is 17.2. The molecule has 1 aromatic heterocycles. The number of rotatable bonds is 8. The van der Waals surface area contributed by atoms with Crippen LogP contribution >= 0.6 is 0 Å². The van der Waals surface area contributed by atoms with Gasteiger partial charge in [-0.1, -0.05) is 36.4 Å². The number of benzene rings is 2. The average molecular weight is 476 g/mol. The van der Waals surface area contributed by atoms with Crippen LogP contribution in [0.1, 0.15) is 35.8 Å². The Morgan fingerprint density at radius 3 is 2.71 bits per heavy atom. The van der Waals surface area contributed by atoms with Gasteiger partial charge in [-0.3, -0.25) is 9.59 Å². The van der Waals surface area contributed by atoms with Crippen LogP contribution in [0.5, 0.6) is 11.5 Å². The Kier molecular flexibility index (Phi) is 6.72. The molecule has 0 aliphatic carbocycles. The fourth-order valence-corrected chi connectivity index (χ4v) is 4.39. The maximum Gasteiger partial charge on any atom is 0.271 e. The van der Waals surface area contributed by atoms with Crippen LogP contribution in [0.2, 0.25) is 0 Å². The van der Waals surface area contributed by atoms with E-state index >= 15 is 0 Å². The highest BCUT2D eigenvalue weighted by atomic mass is 16.7. The second-order valence-electron chi connectivity index (χ2n) is 8.83. The van der Waals surface area contributed by atoms with Crippen molar-refractivity contribution >= 4 is 11.8 Å². The number of carbonyl (C=O) groups is 2. The summed E-state index contributed by atoms with van der Waals surface area (Å²) in [5.74, 6) is 0.830. The summed E-state index contributed by atoms with van der Waals surface area (Å²) in [6, 6.07) is 18.3. The minimum absolute atomic E-state index is 0.0287. The van der Waals surface area contributed by atoms with Gasteiger partial charge in [0.1, 0.15) is 11.7 Å². The molecule has 2 N–H and O–H groups in total. The Bertz CT molecular complexity index is 1190. The van der Waals surface area contributed by atoms with E-state index in [2.05, 4.69) is 10.3 Å². The standard InChI is InChI=1S/C27H29N3O5/c1-18(26(31)28-15-21-8-5-13-33-21)30(16-19-9-12-24-25(14-19)35-17-34-24)27(32)23-11-10-22(29-23)20-6-3-2-4-7-20/h2-4,6-7,9-12,14,18,21,29H,5,8,13,15-17H2,1H3,(H,28,31)/t18-,21+/m0/s1. The monoisotopic (exact) mass is 475 g/mol. The third-order valence-electron chi connectivity index (χ3n) is 6.43. The van der Waals surface area contributed by atoms with Crippen molar-refractivity contribution in [3.8, 4) is 22.8 Å². The van der Waals surface area contributed by atoms with Crippen molar-refractivity contribution in [1.29, 1.82) is 0 Å². The first-order valence-corrected chi connectivity index (χ1v) is 11.9. The smallest absolute Gasteiger partial charge is 0.271 e. The molecule has 2 aromatic carbocycles. The van der Waals surface area contributed by atoms with E-state index in [4.69, 9.17) is 14.2 Å². The Balaban J connectivity index is 1.37. The van der Waals surface area contributed by atoms with E-state index in [1.54, 1.807) is 17.9 Å². The van der Waals surface area contributed by atoms with Gasteiger partial charge in [-0.15, -0.1) is 0 Å². The molecule has 2 aliphatic heterocycles. The van der Waals surface area contributed by atoms with Crippen molar-refractivity contribution < 1.29 is 23.8 Å². The zero-order valence-corrected chi connectivity index (χ0v) is 19.7. The molecule has 0 radical (unpaired) electrons. The van der Waals surface area contributed by atoms with Gasteiger partial charge in [-0.2, -0.15) is 0 Å². The number of H-pyrrole nitrogens is 1. The zero-order chi connectivity index (χ0) is 24.2. The summed E-state index contributed by atoms with van der Waals surface area (Å²) >= 11 is 0. The highest BCUT2D eigenvalue weighted by molar-refractivity contribution is 5.96. The molecule has 0 unspecified atom stereocenters. The molecule has 8 heteroatoms. The van der Waals surface area contributed by atoms with Gasteiger partial charge in [0.05, 0.1) is 6.10 Å². The van der Waals surface area contributed by atoms with E-state index in [0.717, 1.165) is 36.3 Å². The number of nitrogens with one attached hydrogen (secondary N) is 2. The van der Waals surface area contributed by atoms with Crippen LogP contribution in [0.3, 0.4) is 0 Å². The third-order valence-corrected chi connectivity index (χ3v) is 6.43. The first kappa shape index (κ1) is 23.0. The van der Waals surface area contributed by atoms with Crippen molar-refractivity contribution in [2.24, 2.45) is 0 Å². The number of nitrogens with zero attached hydrogens (tertiary/aromatic N) is 1. The minimum Gasteiger partial charge on any atom is -0.454 e. The molecule has 0 saturated carbocycles. The van der Waals surface area contributed by atoms with Gasteiger partial charge in [0, 0.05) is 25.4 Å². The van der Waals surface area contributed by atoms with E-state index in [9.17, 15) is 9.59 Å². The van der Waals surface area contributed by atoms with E-state index in [1.807, 2.05) is 54.6 Å². The second-order valence-corrected chi connectivity index (χ2v) is 8.83. The third kappa shape index (κ3) is 5.17. The van der Waals surface area contributed by atoms with E-state index < -0.39 is 6.04 Å². The molecule has 5 rings (SSSR count). The van der Waals surface area contributed by atoms with Crippen LogP contribution in [0.15, 0.2) is 60.7 Å². The van der Waals surface area contributed by atoms with Gasteiger partial charge < -0.3 is 29.4 Å². The van der Waals surface area contributed by atoms with Crippen molar-refractivity contribution in [1.82, 2.24) is 15.2 Å². The molecule has 3 heterocycles. The second kappa shape index (κ2) is 10.2. The first-order valence-electron chi connectivity index (χ1n) is 11.9. The van der Waals surface area contributed by atoms with Crippen molar-refractivity contribution in [3.63, 3.8) is 0 Å². The van der Waals surface area contributed by atoms with Gasteiger partial charge in [0.15, 0.2) is 11.5 Å². The summed E-state index contributed by atoms with van der Waals surface area (Å²) in [4.78, 5) is 31.5. The summed E-state index contributed by atoms with van der Waals surface area (Å²) in [6.45, 7) is 3.33. The largest absolute Gasteiger partial charge is 0.454 e. The van der Waals surface area contributed by atoms with Crippen molar-refractivity contribution in [3.05, 3.63) is 71.9 Å². The lowest BCUT2D eigenvalue weighted by molar-refractivity contribution is -0.125. The Morgan fingerprint density at radius 1 is 1.09 bits per heavy atom. The predicted octanol–water partition coefficient (Wildman–Crippen LogP) is 3.74. The summed E-state index contributed by atoms with van der Waals surface area (Å²) in [5, 5.41) is 2.96. The van der Waals surface area contributed by atoms with Gasteiger partial charge in [-0.25, -0.2) is 0 Å². The lowest BCUT2D eigenvalue weighted by Crippen LogP contribution is -2.49. The van der Waals surface area contributed by atoms with Crippen LogP contribution in [0.25, 0.3) is 11.3 Å². The maximum atomic E-state index is 13.7. The quantitative estimate of drug-likeness (QED) is 0.518. The molecule has 1 saturated heterocycles. The van der Waals surface area contributed by atoms with Gasteiger partial charge in [0.2, 0.25) is 12.7 Å². The number of hydrogen-bond donors (Lipinski definition) is 2. The Hall–Kier alpha value is -3.78. The summed E-state index contributed by atoms with van der Waals surface area (Å²) in [6.07, 6.45) is 1.96. The number of carbonyl (C=O) groups excluding carboxylic acids is 2. The fraction of sp³-hybridized carbons (Fsp3) is 0.333. The minimum atomic E-state index is -0.696. The van der Waals surface area contributed by atoms with E-state index in [0.29, 0.717) is 23.7 Å². The highest BCUT2D eigenvalue weighted by Gasteiger charge is 2.29. The van der Waals surface area contributed by atoms with Gasteiger partial charge in [0.25, 0.3) is 5.91 Å².